The molecule has 228 valence electrons. The van der Waals surface area contributed by atoms with Gasteiger partial charge in [0, 0.05) is 17.7 Å². The fourth-order valence-corrected chi connectivity index (χ4v) is 4.62. The van der Waals surface area contributed by atoms with E-state index in [2.05, 4.69) is 0 Å². The van der Waals surface area contributed by atoms with Crippen molar-refractivity contribution in [2.75, 3.05) is 19.8 Å². The van der Waals surface area contributed by atoms with Crippen LogP contribution < -0.4 is 10.2 Å². The van der Waals surface area contributed by atoms with Crippen LogP contribution in [0.25, 0.3) is 22.3 Å². The minimum atomic E-state index is -2.00. The first kappa shape index (κ1) is 29.8. The molecule has 3 heterocycles. The van der Waals surface area contributed by atoms with Gasteiger partial charge in [-0.3, -0.25) is 4.79 Å². The van der Waals surface area contributed by atoms with Crippen molar-refractivity contribution >= 4 is 11.0 Å². The Hall–Kier alpha value is -3.71. The molecule has 8 atom stereocenters. The van der Waals surface area contributed by atoms with Crippen LogP contribution in [-0.4, -0.2) is 120 Å². The number of aliphatic hydroxyl groups is 6. The molecule has 16 nitrogen and oxygen atoms in total. The number of ether oxygens (including phenoxy) is 4. The summed E-state index contributed by atoms with van der Waals surface area (Å²) in [5.74, 6) is -3.33. The van der Waals surface area contributed by atoms with Crippen LogP contribution in [0.4, 0.5) is 0 Å². The zero-order valence-electron chi connectivity index (χ0n) is 21.5. The highest BCUT2D eigenvalue weighted by atomic mass is 16.7. The van der Waals surface area contributed by atoms with Gasteiger partial charge in [-0.25, -0.2) is 0 Å². The molecule has 0 bridgehead atoms. The summed E-state index contributed by atoms with van der Waals surface area (Å²) >= 11 is 0. The van der Waals surface area contributed by atoms with Crippen LogP contribution in [0.1, 0.15) is 0 Å². The predicted octanol–water partition coefficient (Wildman–Crippen LogP) is -2.07. The highest BCUT2D eigenvalue weighted by molar-refractivity contribution is 5.88. The highest BCUT2D eigenvalue weighted by Gasteiger charge is 2.50. The van der Waals surface area contributed by atoms with Gasteiger partial charge in [0.2, 0.25) is 17.5 Å². The van der Waals surface area contributed by atoms with Crippen LogP contribution in [-0.2, 0) is 14.2 Å². The molecule has 2 aromatic carbocycles. The monoisotopic (exact) mass is 596 g/mol. The molecule has 2 fully saturated rings. The first-order chi connectivity index (χ1) is 19.8. The minimum Gasteiger partial charge on any atom is -0.508 e. The Morgan fingerprint density at radius 1 is 0.905 bits per heavy atom. The molecule has 3 aromatic rings. The second-order valence-electron chi connectivity index (χ2n) is 9.98. The molecule has 1 aromatic heterocycles. The number of hydrogen-bond acceptors (Lipinski definition) is 16. The Bertz CT molecular complexity index is 1520. The summed E-state index contributed by atoms with van der Waals surface area (Å²) in [7, 11) is 0. The number of aromatic hydroxyl groups is 4. The van der Waals surface area contributed by atoms with Crippen LogP contribution in [0.2, 0.25) is 0 Å². The molecule has 0 saturated carbocycles. The molecule has 0 aliphatic carbocycles. The molecule has 0 unspecified atom stereocenters. The highest BCUT2D eigenvalue weighted by Crippen LogP contribution is 2.39. The van der Waals surface area contributed by atoms with Gasteiger partial charge >= 0.3 is 0 Å². The average molecular weight is 596 g/mol. The van der Waals surface area contributed by atoms with E-state index in [-0.39, 0.29) is 11.1 Å². The third-order valence-electron chi connectivity index (χ3n) is 7.06. The van der Waals surface area contributed by atoms with Crippen molar-refractivity contribution in [2.24, 2.45) is 0 Å². The van der Waals surface area contributed by atoms with Crippen molar-refractivity contribution in [3.63, 3.8) is 0 Å². The number of rotatable bonds is 7. The van der Waals surface area contributed by atoms with Gasteiger partial charge < -0.3 is 74.4 Å². The molecule has 16 heteroatoms. The average Bonchev–Trinajstić information content (AvgIpc) is 3.24. The van der Waals surface area contributed by atoms with E-state index in [4.69, 9.17) is 23.4 Å². The van der Waals surface area contributed by atoms with E-state index in [0.29, 0.717) is 0 Å². The number of phenolic OH excluding ortho intramolecular Hbond substituents is 4. The maximum atomic E-state index is 13.5. The Kier molecular flexibility index (Phi) is 7.92. The van der Waals surface area contributed by atoms with Crippen molar-refractivity contribution < 1.29 is 74.4 Å². The molecule has 0 spiro atoms. The number of hydrogen-bond donors (Lipinski definition) is 10. The first-order valence-electron chi connectivity index (χ1n) is 12.5. The lowest BCUT2D eigenvalue weighted by Crippen LogP contribution is -2.60. The lowest BCUT2D eigenvalue weighted by atomic mass is 9.99. The van der Waals surface area contributed by atoms with E-state index in [0.717, 1.165) is 24.3 Å². The first-order valence-corrected chi connectivity index (χ1v) is 12.5. The summed E-state index contributed by atoms with van der Waals surface area (Å²) in [6.45, 7) is -1.89. The van der Waals surface area contributed by atoms with Crippen molar-refractivity contribution in [2.45, 2.75) is 48.7 Å². The topological polar surface area (TPSA) is 269 Å². The van der Waals surface area contributed by atoms with Crippen molar-refractivity contribution in [3.05, 3.63) is 40.6 Å². The summed E-state index contributed by atoms with van der Waals surface area (Å²) in [6.07, 6.45) is -12.1. The molecule has 0 radical (unpaired) electrons. The molecule has 2 saturated heterocycles. The molecule has 2 aliphatic heterocycles. The normalized spacial score (nSPS) is 31.4. The third kappa shape index (κ3) is 5.19. The lowest BCUT2D eigenvalue weighted by molar-refractivity contribution is -0.289. The quantitative estimate of drug-likeness (QED) is 0.131. The second kappa shape index (κ2) is 11.2. The van der Waals surface area contributed by atoms with E-state index < -0.39 is 114 Å². The van der Waals surface area contributed by atoms with Crippen molar-refractivity contribution in [1.29, 1.82) is 0 Å². The second-order valence-corrected chi connectivity index (χ2v) is 9.98. The maximum absolute atomic E-state index is 13.5. The Labute approximate surface area is 235 Å². The summed E-state index contributed by atoms with van der Waals surface area (Å²) in [4.78, 5) is 13.5. The smallest absolute Gasteiger partial charge is 0.239 e. The zero-order valence-corrected chi connectivity index (χ0v) is 21.5. The third-order valence-corrected chi connectivity index (χ3v) is 7.06. The van der Waals surface area contributed by atoms with Crippen molar-refractivity contribution in [1.82, 2.24) is 0 Å². The summed E-state index contributed by atoms with van der Waals surface area (Å²) in [5, 5.41) is 101. The number of aliphatic hydroxyl groups excluding tert-OH is 5. The molecule has 10 N–H and O–H groups in total. The Morgan fingerprint density at radius 2 is 1.64 bits per heavy atom. The molecule has 5 rings (SSSR count). The van der Waals surface area contributed by atoms with E-state index in [1.165, 1.54) is 6.07 Å². The van der Waals surface area contributed by atoms with Crippen molar-refractivity contribution in [3.8, 4) is 40.1 Å². The SMILES string of the molecule is O=c1c(O[C@@H]2O[C@H](CO[C@@H]3OC[C@](O)(CO)[C@H]3O)[C@H](O)[C@H](O)[C@H]2O)c(-c2ccc(O)c(O)c2)oc2cc(O)cc(O)c12. The zero-order chi connectivity index (χ0) is 30.5. The van der Waals surface area contributed by atoms with Gasteiger partial charge in [0.25, 0.3) is 0 Å². The fourth-order valence-electron chi connectivity index (χ4n) is 4.62. The van der Waals surface area contributed by atoms with Gasteiger partial charge in [0.1, 0.15) is 58.6 Å². The minimum absolute atomic E-state index is 0.0309. The predicted molar refractivity (Wildman–Crippen MR) is 136 cm³/mol. The van der Waals surface area contributed by atoms with Crippen LogP contribution >= 0.6 is 0 Å². The summed E-state index contributed by atoms with van der Waals surface area (Å²) < 4.78 is 27.5. The molecular weight excluding hydrogens is 568 g/mol. The van der Waals surface area contributed by atoms with E-state index >= 15 is 0 Å². The molecular formula is C26H28O16. The molecule has 42 heavy (non-hydrogen) atoms. The van der Waals surface area contributed by atoms with Crippen LogP contribution in [0.3, 0.4) is 0 Å². The number of phenols is 4. The van der Waals surface area contributed by atoms with E-state index in [1.54, 1.807) is 0 Å². The Balaban J connectivity index is 1.48. The molecule has 0 amide bonds. The van der Waals surface area contributed by atoms with Crippen LogP contribution in [0.5, 0.6) is 28.7 Å². The van der Waals surface area contributed by atoms with Gasteiger partial charge in [0.15, 0.2) is 23.5 Å². The Morgan fingerprint density at radius 3 is 2.31 bits per heavy atom. The lowest BCUT2D eigenvalue weighted by Gasteiger charge is -2.40. The van der Waals surface area contributed by atoms with Gasteiger partial charge in [-0.1, -0.05) is 0 Å². The molecule has 2 aliphatic rings. The largest absolute Gasteiger partial charge is 0.508 e. The van der Waals surface area contributed by atoms with Crippen LogP contribution in [0.15, 0.2) is 39.5 Å². The van der Waals surface area contributed by atoms with E-state index in [9.17, 15) is 55.9 Å². The van der Waals surface area contributed by atoms with Gasteiger partial charge in [-0.05, 0) is 18.2 Å². The fraction of sp³-hybridized carbons (Fsp3) is 0.423. The van der Waals surface area contributed by atoms with Gasteiger partial charge in [-0.15, -0.1) is 0 Å². The van der Waals surface area contributed by atoms with Gasteiger partial charge in [0.05, 0.1) is 19.8 Å². The van der Waals surface area contributed by atoms with Gasteiger partial charge in [-0.2, -0.15) is 0 Å². The number of benzene rings is 2. The standard InChI is InChI=1S/C26H28O16/c27-7-26(37)8-39-25(23(26)36)38-6-15-17(32)19(34)20(35)24(41-15)42-22-18(33)16-13(31)4-10(28)5-14(16)40-21(22)9-1-2-11(29)12(30)3-9/h1-5,15,17,19-20,23-25,27-32,34-37H,6-8H2/t15-,17+,19+,20-,23+,24+,25-,26-/m1/s1. The maximum Gasteiger partial charge on any atom is 0.239 e. The van der Waals surface area contributed by atoms with Crippen LogP contribution in [0, 0.1) is 0 Å². The van der Waals surface area contributed by atoms with E-state index in [1.807, 2.05) is 0 Å². The summed E-state index contributed by atoms with van der Waals surface area (Å²) in [5.41, 5.74) is -3.34. The number of fused-ring (bicyclic) bond motifs is 1. The summed E-state index contributed by atoms with van der Waals surface area (Å²) in [6, 6.07) is 5.23.